The second-order valence-corrected chi connectivity index (χ2v) is 9.56. The van der Waals surface area contributed by atoms with Crippen LogP contribution in [0.3, 0.4) is 0 Å². The largest absolute Gasteiger partial charge is 0.358 e. The van der Waals surface area contributed by atoms with Crippen LogP contribution in [0.15, 0.2) is 12.1 Å². The Labute approximate surface area is 214 Å². The van der Waals surface area contributed by atoms with E-state index in [-0.39, 0.29) is 58.4 Å². The predicted octanol–water partition coefficient (Wildman–Crippen LogP) is 8.45. The topological polar surface area (TPSA) is 0 Å². The maximum atomic E-state index is 3.57. The van der Waals surface area contributed by atoms with Crippen LogP contribution in [0.1, 0.15) is 91.1 Å². The summed E-state index contributed by atoms with van der Waals surface area (Å²) >= 11 is 0. The van der Waals surface area contributed by atoms with Gasteiger partial charge in [-0.15, -0.1) is 5.56 Å². The molecule has 0 aromatic heterocycles. The van der Waals surface area contributed by atoms with Crippen LogP contribution in [0.5, 0.6) is 0 Å². The molecule has 0 atom stereocenters. The molecule has 2 rings (SSSR count). The molecule has 0 saturated carbocycles. The van der Waals surface area contributed by atoms with Crippen LogP contribution < -0.4 is 0 Å². The Balaban J connectivity index is 0. The standard InChI is InChI=1S/C27H38.2CH3.Y/c1-12-15-26(8,9)23-14-13-17(2)24(16-23)27(10,11)25-21(6)19(4)18(3)20(5)22(25)7;;;/h12-13,16H,15H2,1-11H3;2*1H3;/q-2;2*-1;. The minimum absolute atomic E-state index is 0. The summed E-state index contributed by atoms with van der Waals surface area (Å²) in [5.74, 6) is 0. The molecule has 0 aliphatic carbocycles. The first-order valence-corrected chi connectivity index (χ1v) is 10.2. The van der Waals surface area contributed by atoms with Crippen molar-refractivity contribution in [2.45, 2.75) is 93.4 Å². The van der Waals surface area contributed by atoms with Gasteiger partial charge in [0.15, 0.2) is 0 Å². The van der Waals surface area contributed by atoms with Crippen LogP contribution in [0.4, 0.5) is 0 Å². The fourth-order valence-electron chi connectivity index (χ4n) is 4.82. The first-order valence-electron chi connectivity index (χ1n) is 10.2. The van der Waals surface area contributed by atoms with Gasteiger partial charge in [0.2, 0.25) is 0 Å². The van der Waals surface area contributed by atoms with Crippen LogP contribution in [-0.4, -0.2) is 0 Å². The maximum Gasteiger partial charge on any atom is 0 e. The van der Waals surface area contributed by atoms with Crippen LogP contribution in [0, 0.1) is 68.9 Å². The molecule has 1 radical (unpaired) electrons. The molecule has 1 heteroatoms. The van der Waals surface area contributed by atoms with E-state index in [9.17, 15) is 0 Å². The quantitative estimate of drug-likeness (QED) is 0.376. The van der Waals surface area contributed by atoms with E-state index in [1.165, 1.54) is 50.1 Å². The van der Waals surface area contributed by atoms with Gasteiger partial charge in [0.05, 0.1) is 0 Å². The normalized spacial score (nSPS) is 11.3. The van der Waals surface area contributed by atoms with Crippen LogP contribution in [0.2, 0.25) is 0 Å². The molecule has 0 fully saturated rings. The van der Waals surface area contributed by atoms with Crippen molar-refractivity contribution in [3.8, 4) is 0 Å². The van der Waals surface area contributed by atoms with E-state index in [2.05, 4.69) is 101 Å². The van der Waals surface area contributed by atoms with E-state index in [0.717, 1.165) is 6.42 Å². The van der Waals surface area contributed by atoms with E-state index in [0.29, 0.717) is 0 Å². The third-order valence-electron chi connectivity index (χ3n) is 6.90. The van der Waals surface area contributed by atoms with Gasteiger partial charge in [-0.3, -0.25) is 0 Å². The van der Waals surface area contributed by atoms with Crippen molar-refractivity contribution in [2.75, 3.05) is 0 Å². The summed E-state index contributed by atoms with van der Waals surface area (Å²) < 4.78 is 0. The van der Waals surface area contributed by atoms with Gasteiger partial charge in [0.25, 0.3) is 0 Å². The molecule has 0 spiro atoms. The van der Waals surface area contributed by atoms with Crippen molar-refractivity contribution in [1.82, 2.24) is 0 Å². The molecule has 2 aromatic rings. The SMILES string of the molecule is C[CH-]CC(C)(C)c1[c-]cc(C)c(C(C)(C)c2c(C)c(C)c(C)c(C)c2C)c1.[CH3-].[CH3-].[Y]. The van der Waals surface area contributed by atoms with Crippen molar-refractivity contribution in [3.05, 3.63) is 89.5 Å². The molecule has 0 aliphatic rings. The minimum Gasteiger partial charge on any atom is -0.358 e. The van der Waals surface area contributed by atoms with Gasteiger partial charge in [0.1, 0.15) is 0 Å². The average molecular weight is 482 g/mol. The Morgan fingerprint density at radius 1 is 0.800 bits per heavy atom. The van der Waals surface area contributed by atoms with E-state index in [1.54, 1.807) is 0 Å². The minimum atomic E-state index is -0.0443. The zero-order valence-corrected chi connectivity index (χ0v) is 24.9. The summed E-state index contributed by atoms with van der Waals surface area (Å²) in [5.41, 5.74) is 12.8. The molecule has 0 unspecified atom stereocenters. The van der Waals surface area contributed by atoms with Gasteiger partial charge in [-0.2, -0.15) is 42.7 Å². The Hall–Kier alpha value is -0.456. The molecule has 0 bridgehead atoms. The van der Waals surface area contributed by atoms with Crippen molar-refractivity contribution < 1.29 is 32.7 Å². The molecule has 0 saturated heterocycles. The molecule has 0 aliphatic heterocycles. The molecular weight excluding hydrogens is 437 g/mol. The summed E-state index contributed by atoms with van der Waals surface area (Å²) in [4.78, 5) is 0. The summed E-state index contributed by atoms with van der Waals surface area (Å²) in [5, 5.41) is 0. The van der Waals surface area contributed by atoms with Gasteiger partial charge in [-0.05, 0) is 73.4 Å². The zero-order valence-electron chi connectivity index (χ0n) is 22.0. The number of hydrogen-bond acceptors (Lipinski definition) is 0. The van der Waals surface area contributed by atoms with Gasteiger partial charge < -0.3 is 21.3 Å². The third kappa shape index (κ3) is 5.66. The number of aryl methyl sites for hydroxylation is 1. The Morgan fingerprint density at radius 2 is 1.23 bits per heavy atom. The maximum absolute atomic E-state index is 3.57. The summed E-state index contributed by atoms with van der Waals surface area (Å²) in [7, 11) is 0. The summed E-state index contributed by atoms with van der Waals surface area (Å²) in [6.07, 6.45) is 3.33. The molecule has 2 aromatic carbocycles. The number of benzene rings is 2. The monoisotopic (exact) mass is 481 g/mol. The van der Waals surface area contributed by atoms with Gasteiger partial charge in [0, 0.05) is 32.7 Å². The number of hydrogen-bond donors (Lipinski definition) is 0. The van der Waals surface area contributed by atoms with E-state index >= 15 is 0 Å². The third-order valence-corrected chi connectivity index (χ3v) is 6.90. The van der Waals surface area contributed by atoms with Crippen LogP contribution in [0.25, 0.3) is 0 Å². The fraction of sp³-hybridized carbons (Fsp3) is 0.483. The Bertz CT molecular complexity index is 824. The van der Waals surface area contributed by atoms with E-state index < -0.39 is 0 Å². The van der Waals surface area contributed by atoms with Crippen LogP contribution >= 0.6 is 0 Å². The average Bonchev–Trinajstić information content (AvgIpc) is 2.58. The van der Waals surface area contributed by atoms with Gasteiger partial charge in [-0.25, -0.2) is 0 Å². The smallest absolute Gasteiger partial charge is 0 e. The molecule has 30 heavy (non-hydrogen) atoms. The molecule has 0 nitrogen and oxygen atoms in total. The fourth-order valence-corrected chi connectivity index (χ4v) is 4.82. The number of rotatable bonds is 5. The molecular formula is C29H44Y-4. The molecule has 0 heterocycles. The second kappa shape index (κ2) is 11.4. The van der Waals surface area contributed by atoms with E-state index in [4.69, 9.17) is 0 Å². The van der Waals surface area contributed by atoms with E-state index in [1.807, 2.05) is 0 Å². The summed E-state index contributed by atoms with van der Waals surface area (Å²) in [6, 6.07) is 8.18. The molecule has 0 amide bonds. The van der Waals surface area contributed by atoms with Gasteiger partial charge >= 0.3 is 0 Å². The Morgan fingerprint density at radius 3 is 1.67 bits per heavy atom. The van der Waals surface area contributed by atoms with Crippen LogP contribution in [-0.2, 0) is 43.5 Å². The molecule has 0 N–H and O–H groups in total. The zero-order chi connectivity index (χ0) is 20.7. The van der Waals surface area contributed by atoms with Crippen molar-refractivity contribution in [1.29, 1.82) is 0 Å². The predicted molar refractivity (Wildman–Crippen MR) is 133 cm³/mol. The van der Waals surface area contributed by atoms with Gasteiger partial charge in [-0.1, -0.05) is 40.0 Å². The molecule has 167 valence electrons. The summed E-state index contributed by atoms with van der Waals surface area (Å²) in [6.45, 7) is 25.2. The Kier molecular flexibility index (Phi) is 12.1. The van der Waals surface area contributed by atoms with Crippen molar-refractivity contribution >= 4 is 0 Å². The van der Waals surface area contributed by atoms with Crippen molar-refractivity contribution in [3.63, 3.8) is 0 Å². The van der Waals surface area contributed by atoms with Crippen molar-refractivity contribution in [2.24, 2.45) is 0 Å². The first-order chi connectivity index (χ1) is 12.4. The first kappa shape index (κ1) is 31.7. The second-order valence-electron chi connectivity index (χ2n) is 9.56.